The fourth-order valence-corrected chi connectivity index (χ4v) is 3.08. The molecule has 0 fully saturated rings. The van der Waals surface area contributed by atoms with E-state index in [0.29, 0.717) is 12.0 Å². The highest BCUT2D eigenvalue weighted by Gasteiger charge is 2.22. The molecule has 0 saturated carbocycles. The Morgan fingerprint density at radius 2 is 1.95 bits per heavy atom. The molecule has 2 aromatic carbocycles. The number of rotatable bonds is 4. The lowest BCUT2D eigenvalue weighted by molar-refractivity contribution is 0.626. The summed E-state index contributed by atoms with van der Waals surface area (Å²) in [5, 5.41) is 3.58. The minimum atomic E-state index is -0.132. The predicted molar refractivity (Wildman–Crippen MR) is 86.2 cm³/mol. The van der Waals surface area contributed by atoms with Crippen LogP contribution in [0.1, 0.15) is 55.3 Å². The molecule has 0 aromatic heterocycles. The molecule has 0 amide bonds. The number of hydrogen-bond donors (Lipinski definition) is 1. The number of hydrogen-bond acceptors (Lipinski definition) is 1. The quantitative estimate of drug-likeness (QED) is 0.788. The Hall–Kier alpha value is -1.83. The highest BCUT2D eigenvalue weighted by atomic mass is 19.1. The van der Waals surface area contributed by atoms with Gasteiger partial charge in [0.2, 0.25) is 0 Å². The third-order valence-corrected chi connectivity index (χ3v) is 4.62. The fraction of sp³-hybridized carbons (Fsp3) is 0.368. The average Bonchev–Trinajstić information content (AvgIpc) is 2.89. The van der Waals surface area contributed by atoms with E-state index < -0.39 is 0 Å². The zero-order chi connectivity index (χ0) is 14.8. The second kappa shape index (κ2) is 5.88. The lowest BCUT2D eigenvalue weighted by Gasteiger charge is -2.17. The van der Waals surface area contributed by atoms with Gasteiger partial charge >= 0.3 is 0 Å². The van der Waals surface area contributed by atoms with Gasteiger partial charge in [0.1, 0.15) is 5.82 Å². The SMILES string of the molecule is CCC(C)c1ccc(NC2CCc3cc(F)ccc32)cc1. The van der Waals surface area contributed by atoms with E-state index in [4.69, 9.17) is 0 Å². The van der Waals surface area contributed by atoms with Gasteiger partial charge in [-0.3, -0.25) is 0 Å². The van der Waals surface area contributed by atoms with Crippen LogP contribution >= 0.6 is 0 Å². The van der Waals surface area contributed by atoms with E-state index in [0.717, 1.165) is 30.5 Å². The Balaban J connectivity index is 1.74. The topological polar surface area (TPSA) is 12.0 Å². The van der Waals surface area contributed by atoms with Crippen LogP contribution in [0.2, 0.25) is 0 Å². The molecule has 3 rings (SSSR count). The highest BCUT2D eigenvalue weighted by Crippen LogP contribution is 2.34. The van der Waals surface area contributed by atoms with E-state index >= 15 is 0 Å². The first-order valence-electron chi connectivity index (χ1n) is 7.82. The second-order valence-corrected chi connectivity index (χ2v) is 6.01. The first kappa shape index (κ1) is 14.1. The third kappa shape index (κ3) is 2.94. The molecule has 2 unspecified atom stereocenters. The molecule has 0 radical (unpaired) electrons. The Kier molecular flexibility index (Phi) is 3.96. The van der Waals surface area contributed by atoms with Gasteiger partial charge in [-0.15, -0.1) is 0 Å². The van der Waals surface area contributed by atoms with Crippen molar-refractivity contribution in [2.24, 2.45) is 0 Å². The molecular formula is C19H22FN. The Morgan fingerprint density at radius 3 is 2.67 bits per heavy atom. The summed E-state index contributed by atoms with van der Waals surface area (Å²) in [6.45, 7) is 4.47. The van der Waals surface area contributed by atoms with Crippen molar-refractivity contribution in [2.45, 2.75) is 45.1 Å². The molecule has 1 N–H and O–H groups in total. The largest absolute Gasteiger partial charge is 0.378 e. The summed E-state index contributed by atoms with van der Waals surface area (Å²) in [6.07, 6.45) is 3.15. The van der Waals surface area contributed by atoms with E-state index in [1.54, 1.807) is 12.1 Å². The van der Waals surface area contributed by atoms with Gasteiger partial charge in [0, 0.05) is 5.69 Å². The van der Waals surface area contributed by atoms with Crippen molar-refractivity contribution < 1.29 is 4.39 Å². The van der Waals surface area contributed by atoms with Crippen molar-refractivity contribution >= 4 is 5.69 Å². The summed E-state index contributed by atoms with van der Waals surface area (Å²) in [5.41, 5.74) is 4.91. The van der Waals surface area contributed by atoms with Crippen LogP contribution in [0.3, 0.4) is 0 Å². The highest BCUT2D eigenvalue weighted by molar-refractivity contribution is 5.49. The number of benzene rings is 2. The molecule has 0 aliphatic heterocycles. The minimum Gasteiger partial charge on any atom is -0.378 e. The number of anilines is 1. The summed E-state index contributed by atoms with van der Waals surface area (Å²) < 4.78 is 13.2. The van der Waals surface area contributed by atoms with Gasteiger partial charge in [0.15, 0.2) is 0 Å². The zero-order valence-corrected chi connectivity index (χ0v) is 12.7. The first-order valence-corrected chi connectivity index (χ1v) is 7.82. The van der Waals surface area contributed by atoms with Crippen LogP contribution in [0.15, 0.2) is 42.5 Å². The van der Waals surface area contributed by atoms with E-state index in [1.807, 2.05) is 6.07 Å². The van der Waals surface area contributed by atoms with Gasteiger partial charge in [-0.2, -0.15) is 0 Å². The standard InChI is InChI=1S/C19H22FN/c1-3-13(2)14-4-8-17(9-5-14)21-19-11-6-15-12-16(20)7-10-18(15)19/h4-5,7-10,12-13,19,21H,3,6,11H2,1-2H3. The number of fused-ring (bicyclic) bond motifs is 1. The molecule has 0 heterocycles. The van der Waals surface area contributed by atoms with E-state index in [-0.39, 0.29) is 5.82 Å². The van der Waals surface area contributed by atoms with Crippen LogP contribution in [-0.2, 0) is 6.42 Å². The first-order chi connectivity index (χ1) is 10.2. The lowest BCUT2D eigenvalue weighted by atomic mass is 9.98. The summed E-state index contributed by atoms with van der Waals surface area (Å²) >= 11 is 0. The number of nitrogens with one attached hydrogen (secondary N) is 1. The van der Waals surface area contributed by atoms with Crippen LogP contribution in [0, 0.1) is 5.82 Å². The summed E-state index contributed by atoms with van der Waals surface area (Å²) in [4.78, 5) is 0. The fourth-order valence-electron chi connectivity index (χ4n) is 3.08. The van der Waals surface area contributed by atoms with E-state index in [2.05, 4.69) is 43.4 Å². The van der Waals surface area contributed by atoms with Gasteiger partial charge in [-0.1, -0.05) is 32.0 Å². The normalized spacial score (nSPS) is 18.3. The smallest absolute Gasteiger partial charge is 0.123 e. The van der Waals surface area contributed by atoms with Gasteiger partial charge in [-0.25, -0.2) is 4.39 Å². The summed E-state index contributed by atoms with van der Waals surface area (Å²) in [7, 11) is 0. The van der Waals surface area contributed by atoms with Gasteiger partial charge < -0.3 is 5.32 Å². The predicted octanol–water partition coefficient (Wildman–Crippen LogP) is 5.44. The van der Waals surface area contributed by atoms with Crippen LogP contribution in [0.5, 0.6) is 0 Å². The Morgan fingerprint density at radius 1 is 1.19 bits per heavy atom. The molecule has 2 atom stereocenters. The van der Waals surface area contributed by atoms with Crippen molar-refractivity contribution in [3.8, 4) is 0 Å². The van der Waals surface area contributed by atoms with Crippen molar-refractivity contribution in [1.29, 1.82) is 0 Å². The molecular weight excluding hydrogens is 261 g/mol. The molecule has 0 spiro atoms. The van der Waals surface area contributed by atoms with Crippen LogP contribution in [-0.4, -0.2) is 0 Å². The molecule has 0 bridgehead atoms. The monoisotopic (exact) mass is 283 g/mol. The molecule has 1 aliphatic rings. The van der Waals surface area contributed by atoms with Crippen molar-refractivity contribution in [1.82, 2.24) is 0 Å². The number of aryl methyl sites for hydroxylation is 1. The van der Waals surface area contributed by atoms with E-state index in [1.165, 1.54) is 11.1 Å². The van der Waals surface area contributed by atoms with Crippen LogP contribution in [0.4, 0.5) is 10.1 Å². The molecule has 1 aliphatic carbocycles. The molecule has 2 aromatic rings. The minimum absolute atomic E-state index is 0.132. The Bertz CT molecular complexity index is 618. The maximum Gasteiger partial charge on any atom is 0.123 e. The zero-order valence-electron chi connectivity index (χ0n) is 12.7. The third-order valence-electron chi connectivity index (χ3n) is 4.62. The summed E-state index contributed by atoms with van der Waals surface area (Å²) in [6, 6.07) is 14.2. The molecule has 2 heteroatoms. The lowest BCUT2D eigenvalue weighted by Crippen LogP contribution is -2.07. The maximum atomic E-state index is 13.2. The van der Waals surface area contributed by atoms with Gasteiger partial charge in [-0.05, 0) is 66.1 Å². The van der Waals surface area contributed by atoms with Crippen LogP contribution < -0.4 is 5.32 Å². The molecule has 110 valence electrons. The summed E-state index contributed by atoms with van der Waals surface area (Å²) in [5.74, 6) is 0.474. The molecule has 21 heavy (non-hydrogen) atoms. The van der Waals surface area contributed by atoms with Crippen molar-refractivity contribution in [3.63, 3.8) is 0 Å². The van der Waals surface area contributed by atoms with Crippen LogP contribution in [0.25, 0.3) is 0 Å². The number of halogens is 1. The van der Waals surface area contributed by atoms with Crippen molar-refractivity contribution in [2.75, 3.05) is 5.32 Å². The van der Waals surface area contributed by atoms with Gasteiger partial charge in [0.05, 0.1) is 6.04 Å². The molecule has 0 saturated heterocycles. The molecule has 1 nitrogen and oxygen atoms in total. The van der Waals surface area contributed by atoms with Crippen molar-refractivity contribution in [3.05, 3.63) is 65.0 Å². The Labute approximate surface area is 126 Å². The second-order valence-electron chi connectivity index (χ2n) is 6.01. The average molecular weight is 283 g/mol. The van der Waals surface area contributed by atoms with Gasteiger partial charge in [0.25, 0.3) is 0 Å². The van der Waals surface area contributed by atoms with E-state index in [9.17, 15) is 4.39 Å². The maximum absolute atomic E-state index is 13.2.